The molecule has 5 nitrogen and oxygen atoms in total. The molecule has 1 fully saturated rings. The first-order valence-corrected chi connectivity index (χ1v) is 8.92. The summed E-state index contributed by atoms with van der Waals surface area (Å²) in [4.78, 5) is 0. The number of benzene rings is 1. The summed E-state index contributed by atoms with van der Waals surface area (Å²) in [6.45, 7) is 12.0. The van der Waals surface area contributed by atoms with E-state index in [9.17, 15) is 8.76 Å². The van der Waals surface area contributed by atoms with Gasteiger partial charge in [0.15, 0.2) is 0 Å². The molecule has 0 saturated carbocycles. The molecular weight excluding hydrogens is 313 g/mol. The van der Waals surface area contributed by atoms with Crippen LogP contribution >= 0.6 is 0 Å². The molecule has 0 aliphatic carbocycles. The van der Waals surface area contributed by atoms with E-state index in [1.54, 1.807) is 0 Å². The van der Waals surface area contributed by atoms with Crippen LogP contribution in [0.15, 0.2) is 24.3 Å². The summed E-state index contributed by atoms with van der Waals surface area (Å²) in [6.07, 6.45) is 0. The molecule has 0 bridgehead atoms. The SMILES string of the molecule is CC(C)C(NS(=O)[O-])c1ccccc1B1OC(C)(C)C(C)(C)O1. The number of nitrogens with one attached hydrogen (secondary N) is 1. The van der Waals surface area contributed by atoms with Crippen LogP contribution in [-0.4, -0.2) is 27.1 Å². The maximum Gasteiger partial charge on any atom is 0.495 e. The molecule has 0 spiro atoms. The topological polar surface area (TPSA) is 70.6 Å². The third-order valence-corrected chi connectivity index (χ3v) is 5.17. The van der Waals surface area contributed by atoms with Crippen LogP contribution in [0, 0.1) is 5.92 Å². The van der Waals surface area contributed by atoms with E-state index in [2.05, 4.69) is 4.72 Å². The molecule has 7 heteroatoms. The monoisotopic (exact) mass is 338 g/mol. The van der Waals surface area contributed by atoms with E-state index in [1.807, 2.05) is 65.8 Å². The van der Waals surface area contributed by atoms with Crippen LogP contribution in [-0.2, 0) is 20.6 Å². The molecule has 128 valence electrons. The lowest BCUT2D eigenvalue weighted by molar-refractivity contribution is 0.00578. The fourth-order valence-electron chi connectivity index (χ4n) is 2.64. The normalized spacial score (nSPS) is 22.3. The fourth-order valence-corrected chi connectivity index (χ4v) is 3.25. The Labute approximate surface area is 141 Å². The fraction of sp³-hybridized carbons (Fsp3) is 0.625. The zero-order chi connectivity index (χ0) is 17.4. The Kier molecular flexibility index (Phi) is 5.38. The molecule has 0 radical (unpaired) electrons. The van der Waals surface area contributed by atoms with Gasteiger partial charge < -0.3 is 13.9 Å². The largest absolute Gasteiger partial charge is 0.760 e. The Hall–Kier alpha value is -0.725. The molecule has 2 unspecified atom stereocenters. The number of rotatable bonds is 5. The van der Waals surface area contributed by atoms with E-state index in [0.717, 1.165) is 11.0 Å². The van der Waals surface area contributed by atoms with Gasteiger partial charge in [-0.25, -0.2) is 4.72 Å². The molecule has 1 aliphatic rings. The van der Waals surface area contributed by atoms with Gasteiger partial charge in [0.1, 0.15) is 0 Å². The molecule has 2 rings (SSSR count). The van der Waals surface area contributed by atoms with Crippen molar-refractivity contribution in [1.82, 2.24) is 4.72 Å². The Morgan fingerprint density at radius 3 is 2.13 bits per heavy atom. The van der Waals surface area contributed by atoms with Gasteiger partial charge in [-0.3, -0.25) is 4.21 Å². The molecule has 1 aromatic rings. The first-order valence-electron chi connectivity index (χ1n) is 7.85. The molecule has 1 heterocycles. The van der Waals surface area contributed by atoms with Crippen molar-refractivity contribution < 1.29 is 18.1 Å². The predicted molar refractivity (Wildman–Crippen MR) is 91.8 cm³/mol. The summed E-state index contributed by atoms with van der Waals surface area (Å²) in [5, 5.41) is 0. The molecule has 1 aromatic carbocycles. The molecule has 1 aliphatic heterocycles. The van der Waals surface area contributed by atoms with Crippen LogP contribution in [0.4, 0.5) is 0 Å². The smallest absolute Gasteiger partial charge is 0.495 e. The lowest BCUT2D eigenvalue weighted by Gasteiger charge is -2.32. The summed E-state index contributed by atoms with van der Waals surface area (Å²) >= 11 is -2.34. The first kappa shape index (κ1) is 18.6. The van der Waals surface area contributed by atoms with Crippen molar-refractivity contribution in [2.45, 2.75) is 58.8 Å². The van der Waals surface area contributed by atoms with Crippen molar-refractivity contribution in [3.8, 4) is 0 Å². The zero-order valence-corrected chi connectivity index (χ0v) is 15.4. The molecule has 1 N–H and O–H groups in total. The predicted octanol–water partition coefficient (Wildman–Crippen LogP) is 2.07. The van der Waals surface area contributed by atoms with E-state index in [1.165, 1.54) is 0 Å². The van der Waals surface area contributed by atoms with Gasteiger partial charge in [-0.1, -0.05) is 38.1 Å². The van der Waals surface area contributed by atoms with Crippen molar-refractivity contribution in [3.05, 3.63) is 29.8 Å². The Bertz CT molecular complexity index is 575. The van der Waals surface area contributed by atoms with Crippen molar-refractivity contribution >= 4 is 23.8 Å². The van der Waals surface area contributed by atoms with Crippen molar-refractivity contribution in [3.63, 3.8) is 0 Å². The van der Waals surface area contributed by atoms with Crippen LogP contribution < -0.4 is 10.2 Å². The van der Waals surface area contributed by atoms with Crippen molar-refractivity contribution in [2.75, 3.05) is 0 Å². The second-order valence-corrected chi connectivity index (χ2v) is 8.00. The molecule has 0 amide bonds. The highest BCUT2D eigenvalue weighted by Gasteiger charge is 2.52. The maximum atomic E-state index is 11.2. The minimum absolute atomic E-state index is 0.0940. The molecular formula is C16H25BNO4S-. The minimum Gasteiger partial charge on any atom is -0.760 e. The third kappa shape index (κ3) is 3.86. The molecule has 1 saturated heterocycles. The maximum absolute atomic E-state index is 11.2. The quantitative estimate of drug-likeness (QED) is 0.659. The zero-order valence-electron chi connectivity index (χ0n) is 14.6. The van der Waals surface area contributed by atoms with Gasteiger partial charge in [-0.05, 0) is 44.6 Å². The molecule has 23 heavy (non-hydrogen) atoms. The summed E-state index contributed by atoms with van der Waals surface area (Å²) < 4.78 is 37.2. The molecule has 2 atom stereocenters. The Morgan fingerprint density at radius 1 is 1.13 bits per heavy atom. The van der Waals surface area contributed by atoms with Crippen molar-refractivity contribution in [1.29, 1.82) is 0 Å². The minimum atomic E-state index is -2.34. The lowest BCUT2D eigenvalue weighted by Crippen LogP contribution is -2.41. The second-order valence-electron chi connectivity index (χ2n) is 7.29. The van der Waals surface area contributed by atoms with Gasteiger partial charge in [-0.15, -0.1) is 0 Å². The second kappa shape index (κ2) is 6.65. The molecule has 0 aromatic heterocycles. The Balaban J connectivity index is 2.40. The Morgan fingerprint density at radius 2 is 1.65 bits per heavy atom. The van der Waals surface area contributed by atoms with Crippen LogP contribution in [0.1, 0.15) is 53.1 Å². The van der Waals surface area contributed by atoms with Crippen molar-refractivity contribution in [2.24, 2.45) is 5.92 Å². The highest BCUT2D eigenvalue weighted by atomic mass is 32.2. The summed E-state index contributed by atoms with van der Waals surface area (Å²) in [5.41, 5.74) is 0.868. The van der Waals surface area contributed by atoms with Crippen LogP contribution in [0.25, 0.3) is 0 Å². The number of hydrogen-bond donors (Lipinski definition) is 1. The third-order valence-electron chi connectivity index (χ3n) is 4.73. The van der Waals surface area contributed by atoms with E-state index in [-0.39, 0.29) is 12.0 Å². The van der Waals surface area contributed by atoms with Crippen LogP contribution in [0.3, 0.4) is 0 Å². The highest BCUT2D eigenvalue weighted by Crippen LogP contribution is 2.37. The highest BCUT2D eigenvalue weighted by molar-refractivity contribution is 7.77. The summed E-state index contributed by atoms with van der Waals surface area (Å²) in [7, 11) is -0.515. The summed E-state index contributed by atoms with van der Waals surface area (Å²) in [5.74, 6) is 0.0940. The van der Waals surface area contributed by atoms with E-state index < -0.39 is 29.6 Å². The van der Waals surface area contributed by atoms with Gasteiger partial charge in [-0.2, -0.15) is 0 Å². The van der Waals surface area contributed by atoms with Gasteiger partial charge in [0.05, 0.1) is 11.2 Å². The van der Waals surface area contributed by atoms with Gasteiger partial charge >= 0.3 is 7.12 Å². The van der Waals surface area contributed by atoms with E-state index in [4.69, 9.17) is 9.31 Å². The first-order chi connectivity index (χ1) is 10.5. The average molecular weight is 338 g/mol. The average Bonchev–Trinajstić information content (AvgIpc) is 2.64. The number of hydrogen-bond acceptors (Lipinski definition) is 4. The van der Waals surface area contributed by atoms with Gasteiger partial charge in [0.25, 0.3) is 0 Å². The van der Waals surface area contributed by atoms with Gasteiger partial charge in [0, 0.05) is 17.3 Å². The van der Waals surface area contributed by atoms with Gasteiger partial charge in [0.2, 0.25) is 0 Å². The standard InChI is InChI=1S/C16H26BNO4S/c1-11(2)14(18-23(19)20)12-9-7-8-10-13(12)17-21-15(3,4)16(5,6)22-17/h7-11,14,18H,1-6H3,(H,19,20)/p-1. The van der Waals surface area contributed by atoms with Crippen LogP contribution in [0.5, 0.6) is 0 Å². The summed E-state index contributed by atoms with van der Waals surface area (Å²) in [6, 6.07) is 7.33. The lowest BCUT2D eigenvalue weighted by atomic mass is 9.73. The van der Waals surface area contributed by atoms with E-state index >= 15 is 0 Å². The van der Waals surface area contributed by atoms with E-state index in [0.29, 0.717) is 0 Å². The van der Waals surface area contributed by atoms with Crippen LogP contribution in [0.2, 0.25) is 0 Å².